The number of benzene rings is 1. The van der Waals surface area contributed by atoms with Gasteiger partial charge in [-0.25, -0.2) is 0 Å². The van der Waals surface area contributed by atoms with Crippen LogP contribution >= 0.6 is 23.2 Å². The smallest absolute Gasteiger partial charge is 0.222 e. The summed E-state index contributed by atoms with van der Waals surface area (Å²) in [6.07, 6.45) is 1.39. The highest BCUT2D eigenvalue weighted by Gasteiger charge is 2.09. The van der Waals surface area contributed by atoms with Crippen LogP contribution in [0.2, 0.25) is 10.0 Å². The van der Waals surface area contributed by atoms with Crippen LogP contribution in [0, 0.1) is 0 Å². The lowest BCUT2D eigenvalue weighted by atomic mass is 10.2. The zero-order valence-corrected chi connectivity index (χ0v) is 12.2. The summed E-state index contributed by atoms with van der Waals surface area (Å²) in [7, 11) is 3.67. The highest BCUT2D eigenvalue weighted by molar-refractivity contribution is 6.34. The van der Waals surface area contributed by atoms with Crippen LogP contribution in [-0.2, 0) is 11.3 Å². The molecule has 0 aliphatic carbocycles. The first-order chi connectivity index (χ1) is 8.52. The van der Waals surface area contributed by atoms with Gasteiger partial charge in [-0.15, -0.1) is 0 Å². The van der Waals surface area contributed by atoms with Gasteiger partial charge in [0.25, 0.3) is 0 Å². The van der Waals surface area contributed by atoms with Crippen molar-refractivity contribution in [3.63, 3.8) is 0 Å². The van der Waals surface area contributed by atoms with Crippen molar-refractivity contribution in [2.24, 2.45) is 0 Å². The largest absolute Gasteiger partial charge is 0.341 e. The first kappa shape index (κ1) is 15.3. The Morgan fingerprint density at radius 1 is 1.28 bits per heavy atom. The van der Waals surface area contributed by atoms with Crippen LogP contribution in [0.15, 0.2) is 18.2 Å². The minimum absolute atomic E-state index is 0.126. The predicted molar refractivity (Wildman–Crippen MR) is 76.1 cm³/mol. The van der Waals surface area contributed by atoms with Gasteiger partial charge in [-0.3, -0.25) is 4.79 Å². The molecular formula is C13H18Cl2N2O. The van der Waals surface area contributed by atoms with Crippen LogP contribution in [0.25, 0.3) is 0 Å². The predicted octanol–water partition coefficient (Wildman–Crippen LogP) is 2.95. The molecular weight excluding hydrogens is 271 g/mol. The van der Waals surface area contributed by atoms with Gasteiger partial charge in [0.15, 0.2) is 0 Å². The van der Waals surface area contributed by atoms with Crippen LogP contribution in [0.5, 0.6) is 0 Å². The van der Waals surface area contributed by atoms with Crippen molar-refractivity contribution >= 4 is 29.1 Å². The minimum Gasteiger partial charge on any atom is -0.341 e. The lowest BCUT2D eigenvalue weighted by Gasteiger charge is -2.17. The van der Waals surface area contributed by atoms with Crippen LogP contribution in [0.1, 0.15) is 18.4 Å². The second-order valence-electron chi connectivity index (χ2n) is 4.23. The molecule has 0 bridgehead atoms. The number of amides is 1. The minimum atomic E-state index is 0.126. The van der Waals surface area contributed by atoms with Gasteiger partial charge in [-0.1, -0.05) is 23.2 Å². The Hall–Kier alpha value is -0.770. The normalized spacial score (nSPS) is 10.4. The third kappa shape index (κ3) is 5.25. The van der Waals surface area contributed by atoms with Crippen LogP contribution in [0.3, 0.4) is 0 Å². The van der Waals surface area contributed by atoms with Gasteiger partial charge in [0.2, 0.25) is 5.91 Å². The molecule has 1 rings (SSSR count). The van der Waals surface area contributed by atoms with E-state index in [4.69, 9.17) is 23.2 Å². The lowest BCUT2D eigenvalue weighted by Crippen LogP contribution is -2.26. The van der Waals surface area contributed by atoms with E-state index in [2.05, 4.69) is 5.32 Å². The number of nitrogens with zero attached hydrogens (tertiary/aromatic N) is 1. The third-order valence-electron chi connectivity index (χ3n) is 2.59. The van der Waals surface area contributed by atoms with Gasteiger partial charge >= 0.3 is 0 Å². The molecule has 0 fully saturated rings. The molecule has 1 aromatic rings. The van der Waals surface area contributed by atoms with Crippen molar-refractivity contribution in [3.05, 3.63) is 33.8 Å². The van der Waals surface area contributed by atoms with Gasteiger partial charge in [-0.2, -0.15) is 0 Å². The van der Waals surface area contributed by atoms with Gasteiger partial charge in [0, 0.05) is 30.1 Å². The number of nitrogens with one attached hydrogen (secondary N) is 1. The molecule has 0 atom stereocenters. The van der Waals surface area contributed by atoms with Crippen molar-refractivity contribution in [3.8, 4) is 0 Å². The SMILES string of the molecule is CNCCCC(=O)N(C)Cc1cc(Cl)cc(Cl)c1. The third-order valence-corrected chi connectivity index (χ3v) is 3.02. The van der Waals surface area contributed by atoms with E-state index in [1.807, 2.05) is 19.2 Å². The van der Waals surface area contributed by atoms with E-state index in [1.165, 1.54) is 0 Å². The number of hydrogen-bond donors (Lipinski definition) is 1. The second kappa shape index (κ2) is 7.62. The Bertz CT molecular complexity index is 390. The van der Waals surface area contributed by atoms with Crippen LogP contribution in [0.4, 0.5) is 0 Å². The highest BCUT2D eigenvalue weighted by atomic mass is 35.5. The first-order valence-electron chi connectivity index (χ1n) is 5.86. The molecule has 0 aliphatic heterocycles. The van der Waals surface area contributed by atoms with E-state index in [9.17, 15) is 4.79 Å². The number of hydrogen-bond acceptors (Lipinski definition) is 2. The first-order valence-corrected chi connectivity index (χ1v) is 6.62. The Morgan fingerprint density at radius 3 is 2.44 bits per heavy atom. The van der Waals surface area contributed by atoms with Crippen LogP contribution < -0.4 is 5.32 Å². The molecule has 0 spiro atoms. The summed E-state index contributed by atoms with van der Waals surface area (Å²) in [5.41, 5.74) is 0.942. The number of carbonyl (C=O) groups is 1. The zero-order chi connectivity index (χ0) is 13.5. The number of halogens is 2. The van der Waals surface area contributed by atoms with Gasteiger partial charge in [-0.05, 0) is 43.8 Å². The molecule has 0 aromatic heterocycles. The Kier molecular flexibility index (Phi) is 6.47. The van der Waals surface area contributed by atoms with Crippen molar-refractivity contribution in [1.29, 1.82) is 0 Å². The van der Waals surface area contributed by atoms with Crippen molar-refractivity contribution < 1.29 is 4.79 Å². The number of carbonyl (C=O) groups excluding carboxylic acids is 1. The quantitative estimate of drug-likeness (QED) is 0.817. The van der Waals surface area contributed by atoms with Crippen LogP contribution in [-0.4, -0.2) is 31.4 Å². The lowest BCUT2D eigenvalue weighted by molar-refractivity contribution is -0.130. The zero-order valence-electron chi connectivity index (χ0n) is 10.7. The summed E-state index contributed by atoms with van der Waals surface area (Å²) in [6, 6.07) is 5.33. The molecule has 0 saturated heterocycles. The summed E-state index contributed by atoms with van der Waals surface area (Å²) in [5.74, 6) is 0.126. The maximum absolute atomic E-state index is 11.8. The molecule has 0 radical (unpaired) electrons. The average molecular weight is 289 g/mol. The Morgan fingerprint density at radius 2 is 1.89 bits per heavy atom. The molecule has 18 heavy (non-hydrogen) atoms. The van der Waals surface area contributed by atoms with Gasteiger partial charge in [0.05, 0.1) is 0 Å². The summed E-state index contributed by atoms with van der Waals surface area (Å²) >= 11 is 11.8. The molecule has 0 saturated carbocycles. The topological polar surface area (TPSA) is 32.3 Å². The van der Waals surface area contributed by atoms with Gasteiger partial charge in [0.1, 0.15) is 0 Å². The monoisotopic (exact) mass is 288 g/mol. The molecule has 0 aliphatic rings. The van der Waals surface area contributed by atoms with E-state index in [-0.39, 0.29) is 5.91 Å². The Balaban J connectivity index is 2.52. The fraction of sp³-hybridized carbons (Fsp3) is 0.462. The van der Waals surface area contributed by atoms with Crippen molar-refractivity contribution in [2.45, 2.75) is 19.4 Å². The average Bonchev–Trinajstić information content (AvgIpc) is 2.27. The van der Waals surface area contributed by atoms with E-state index >= 15 is 0 Å². The second-order valence-corrected chi connectivity index (χ2v) is 5.11. The van der Waals surface area contributed by atoms with Crippen molar-refractivity contribution in [1.82, 2.24) is 10.2 Å². The summed E-state index contributed by atoms with van der Waals surface area (Å²) in [5, 5.41) is 4.20. The summed E-state index contributed by atoms with van der Waals surface area (Å²) in [6.45, 7) is 1.38. The van der Waals surface area contributed by atoms with Gasteiger partial charge < -0.3 is 10.2 Å². The summed E-state index contributed by atoms with van der Waals surface area (Å²) in [4.78, 5) is 13.5. The maximum Gasteiger partial charge on any atom is 0.222 e. The molecule has 1 N–H and O–H groups in total. The molecule has 100 valence electrons. The van der Waals surface area contributed by atoms with Crippen molar-refractivity contribution in [2.75, 3.05) is 20.6 Å². The molecule has 1 amide bonds. The standard InChI is InChI=1S/C13H18Cl2N2O/c1-16-5-3-4-13(18)17(2)9-10-6-11(14)8-12(15)7-10/h6-8,16H,3-5,9H2,1-2H3. The maximum atomic E-state index is 11.8. The molecule has 1 aromatic carbocycles. The molecule has 0 unspecified atom stereocenters. The molecule has 5 heteroatoms. The number of rotatable bonds is 6. The molecule has 0 heterocycles. The molecule has 3 nitrogen and oxygen atoms in total. The highest BCUT2D eigenvalue weighted by Crippen LogP contribution is 2.20. The fourth-order valence-electron chi connectivity index (χ4n) is 1.67. The summed E-state index contributed by atoms with van der Waals surface area (Å²) < 4.78 is 0. The van der Waals surface area contributed by atoms with E-state index in [0.29, 0.717) is 23.0 Å². The van der Waals surface area contributed by atoms with E-state index in [1.54, 1.807) is 18.0 Å². The van der Waals surface area contributed by atoms with E-state index < -0.39 is 0 Å². The van der Waals surface area contributed by atoms with E-state index in [0.717, 1.165) is 18.5 Å². The fourth-order valence-corrected chi connectivity index (χ4v) is 2.24. The Labute approximate surface area is 118 Å².